The summed E-state index contributed by atoms with van der Waals surface area (Å²) in [7, 11) is -3.74. The van der Waals surface area contributed by atoms with Gasteiger partial charge in [0.25, 0.3) is 10.0 Å². The Kier molecular flexibility index (Phi) is 5.95. The predicted octanol–water partition coefficient (Wildman–Crippen LogP) is 2.97. The Hall–Kier alpha value is -2.61. The number of rotatable bonds is 6. The topological polar surface area (TPSA) is 96.6 Å². The first-order chi connectivity index (χ1) is 12.9. The highest BCUT2D eigenvalue weighted by Crippen LogP contribution is 2.18. The average molecular weight is 390 g/mol. The normalized spacial score (nSPS) is 15.7. The number of sulfonamides is 1. The largest absolute Gasteiger partial charge is 0.370 e. The lowest BCUT2D eigenvalue weighted by atomic mass is 10.2. The van der Waals surface area contributed by atoms with E-state index in [9.17, 15) is 12.8 Å². The molecule has 0 atom stereocenters. The monoisotopic (exact) mass is 390 g/mol. The van der Waals surface area contributed by atoms with Gasteiger partial charge in [0.05, 0.1) is 11.4 Å². The Balaban J connectivity index is 1.61. The highest BCUT2D eigenvalue weighted by Gasteiger charge is 2.15. The van der Waals surface area contributed by atoms with Crippen LogP contribution in [-0.4, -0.2) is 20.4 Å². The number of guanidine groups is 1. The third-order valence-electron chi connectivity index (χ3n) is 4.47. The molecule has 1 aliphatic rings. The molecule has 1 saturated carbocycles. The van der Waals surface area contributed by atoms with Crippen LogP contribution in [0.1, 0.15) is 31.2 Å². The minimum Gasteiger partial charge on any atom is -0.370 e. The van der Waals surface area contributed by atoms with E-state index in [0.717, 1.165) is 18.4 Å². The summed E-state index contributed by atoms with van der Waals surface area (Å²) in [4.78, 5) is 4.43. The Morgan fingerprint density at radius 2 is 1.70 bits per heavy atom. The van der Waals surface area contributed by atoms with Crippen LogP contribution in [0.5, 0.6) is 0 Å². The van der Waals surface area contributed by atoms with Crippen LogP contribution < -0.4 is 15.8 Å². The van der Waals surface area contributed by atoms with Gasteiger partial charge in [-0.15, -0.1) is 0 Å². The van der Waals surface area contributed by atoms with Gasteiger partial charge in [-0.05, 0) is 54.8 Å². The fourth-order valence-electron chi connectivity index (χ4n) is 3.01. The van der Waals surface area contributed by atoms with Crippen LogP contribution in [0.25, 0.3) is 0 Å². The highest BCUT2D eigenvalue weighted by molar-refractivity contribution is 7.92. The van der Waals surface area contributed by atoms with E-state index in [1.807, 2.05) is 0 Å². The van der Waals surface area contributed by atoms with Crippen molar-refractivity contribution in [2.45, 2.75) is 43.2 Å². The second kappa shape index (κ2) is 8.39. The molecule has 27 heavy (non-hydrogen) atoms. The zero-order chi connectivity index (χ0) is 19.3. The Morgan fingerprint density at radius 1 is 1.07 bits per heavy atom. The molecular weight excluding hydrogens is 367 g/mol. The number of benzene rings is 2. The predicted molar refractivity (Wildman–Crippen MR) is 104 cm³/mol. The molecule has 0 unspecified atom stereocenters. The molecule has 0 bridgehead atoms. The van der Waals surface area contributed by atoms with Crippen LogP contribution in [0.3, 0.4) is 0 Å². The Bertz CT molecular complexity index is 890. The summed E-state index contributed by atoms with van der Waals surface area (Å²) >= 11 is 0. The summed E-state index contributed by atoms with van der Waals surface area (Å²) in [5.41, 5.74) is 7.06. The number of aliphatic imine (C=N–C) groups is 1. The van der Waals surface area contributed by atoms with E-state index in [4.69, 9.17) is 5.73 Å². The van der Waals surface area contributed by atoms with Gasteiger partial charge in [0.1, 0.15) is 5.82 Å². The summed E-state index contributed by atoms with van der Waals surface area (Å²) < 4.78 is 40.1. The van der Waals surface area contributed by atoms with E-state index in [1.54, 1.807) is 12.1 Å². The number of anilines is 1. The first kappa shape index (κ1) is 19.2. The molecule has 0 heterocycles. The maximum absolute atomic E-state index is 12.9. The van der Waals surface area contributed by atoms with Crippen molar-refractivity contribution in [2.24, 2.45) is 10.7 Å². The SMILES string of the molecule is NC(=NCc1ccc(S(=O)(=O)Nc2ccc(F)cc2)cc1)NC1CCCC1. The second-order valence-electron chi connectivity index (χ2n) is 6.58. The molecule has 3 rings (SSSR count). The number of hydrogen-bond acceptors (Lipinski definition) is 3. The molecule has 0 radical (unpaired) electrons. The smallest absolute Gasteiger partial charge is 0.261 e. The Morgan fingerprint density at radius 3 is 2.33 bits per heavy atom. The molecular formula is C19H23FN4O2S. The molecule has 0 spiro atoms. The van der Waals surface area contributed by atoms with Crippen LogP contribution in [0, 0.1) is 5.82 Å². The summed E-state index contributed by atoms with van der Waals surface area (Å²) in [5, 5.41) is 3.21. The van der Waals surface area contributed by atoms with Gasteiger partial charge in [-0.25, -0.2) is 17.8 Å². The third-order valence-corrected chi connectivity index (χ3v) is 5.87. The van der Waals surface area contributed by atoms with E-state index in [0.29, 0.717) is 24.2 Å². The number of hydrogen-bond donors (Lipinski definition) is 3. The van der Waals surface area contributed by atoms with Crippen LogP contribution in [0.4, 0.5) is 10.1 Å². The zero-order valence-corrected chi connectivity index (χ0v) is 15.7. The van der Waals surface area contributed by atoms with Crippen molar-refractivity contribution in [1.82, 2.24) is 5.32 Å². The van der Waals surface area contributed by atoms with Gasteiger partial charge >= 0.3 is 0 Å². The fraction of sp³-hybridized carbons (Fsp3) is 0.316. The minimum atomic E-state index is -3.74. The lowest BCUT2D eigenvalue weighted by molar-refractivity contribution is 0.601. The van der Waals surface area contributed by atoms with Crippen molar-refractivity contribution >= 4 is 21.7 Å². The van der Waals surface area contributed by atoms with Crippen molar-refractivity contribution in [3.05, 3.63) is 59.9 Å². The molecule has 4 N–H and O–H groups in total. The lowest BCUT2D eigenvalue weighted by Gasteiger charge is -2.12. The molecule has 0 amide bonds. The van der Waals surface area contributed by atoms with Crippen LogP contribution in [0.15, 0.2) is 58.4 Å². The molecule has 0 aromatic heterocycles. The molecule has 0 saturated heterocycles. The minimum absolute atomic E-state index is 0.122. The van der Waals surface area contributed by atoms with Gasteiger partial charge in [0, 0.05) is 11.7 Å². The van der Waals surface area contributed by atoms with Gasteiger partial charge in [-0.1, -0.05) is 25.0 Å². The maximum Gasteiger partial charge on any atom is 0.261 e. The summed E-state index contributed by atoms with van der Waals surface area (Å²) in [6, 6.07) is 12.0. The first-order valence-corrected chi connectivity index (χ1v) is 10.3. The van der Waals surface area contributed by atoms with Crippen LogP contribution >= 0.6 is 0 Å². The molecule has 1 aliphatic carbocycles. The molecule has 6 nitrogen and oxygen atoms in total. The van der Waals surface area contributed by atoms with E-state index < -0.39 is 15.8 Å². The number of nitrogens with zero attached hydrogens (tertiary/aromatic N) is 1. The number of nitrogens with one attached hydrogen (secondary N) is 2. The maximum atomic E-state index is 12.9. The first-order valence-electron chi connectivity index (χ1n) is 8.86. The molecule has 2 aromatic carbocycles. The average Bonchev–Trinajstić information content (AvgIpc) is 3.15. The number of nitrogens with two attached hydrogens (primary N) is 1. The third kappa shape index (κ3) is 5.43. The van der Waals surface area contributed by atoms with E-state index in [-0.39, 0.29) is 4.90 Å². The second-order valence-corrected chi connectivity index (χ2v) is 8.27. The van der Waals surface area contributed by atoms with E-state index in [1.165, 1.54) is 49.2 Å². The van der Waals surface area contributed by atoms with Crippen molar-refractivity contribution < 1.29 is 12.8 Å². The zero-order valence-electron chi connectivity index (χ0n) is 14.9. The van der Waals surface area contributed by atoms with Crippen molar-refractivity contribution in [3.63, 3.8) is 0 Å². The van der Waals surface area contributed by atoms with Gasteiger partial charge < -0.3 is 11.1 Å². The Labute approximate surface area is 158 Å². The van der Waals surface area contributed by atoms with Crippen LogP contribution in [0.2, 0.25) is 0 Å². The van der Waals surface area contributed by atoms with Gasteiger partial charge in [0.2, 0.25) is 0 Å². The summed E-state index contributed by atoms with van der Waals surface area (Å²) in [5.74, 6) is -0.0128. The van der Waals surface area contributed by atoms with Gasteiger partial charge in [-0.3, -0.25) is 4.72 Å². The van der Waals surface area contributed by atoms with Gasteiger partial charge in [0.15, 0.2) is 5.96 Å². The quantitative estimate of drug-likeness (QED) is 0.522. The number of halogens is 1. The molecule has 1 fully saturated rings. The van der Waals surface area contributed by atoms with Crippen molar-refractivity contribution in [3.8, 4) is 0 Å². The highest BCUT2D eigenvalue weighted by atomic mass is 32.2. The lowest BCUT2D eigenvalue weighted by Crippen LogP contribution is -2.38. The van der Waals surface area contributed by atoms with Crippen molar-refractivity contribution in [1.29, 1.82) is 0 Å². The fourth-order valence-corrected chi connectivity index (χ4v) is 4.07. The molecule has 8 heteroatoms. The van der Waals surface area contributed by atoms with E-state index in [2.05, 4.69) is 15.0 Å². The summed E-state index contributed by atoms with van der Waals surface area (Å²) in [6.45, 7) is 0.372. The van der Waals surface area contributed by atoms with Crippen molar-refractivity contribution in [2.75, 3.05) is 4.72 Å². The van der Waals surface area contributed by atoms with Crippen LogP contribution in [-0.2, 0) is 16.6 Å². The standard InChI is InChI=1S/C19H23FN4O2S/c20-15-7-9-17(10-8-15)24-27(25,26)18-11-5-14(6-12-18)13-22-19(21)23-16-3-1-2-4-16/h5-12,16,24H,1-4,13H2,(H3,21,22,23). The van der Waals surface area contributed by atoms with Gasteiger partial charge in [-0.2, -0.15) is 0 Å². The molecule has 0 aliphatic heterocycles. The molecule has 2 aromatic rings. The summed E-state index contributed by atoms with van der Waals surface area (Å²) in [6.07, 6.45) is 4.66. The molecule has 144 valence electrons. The van der Waals surface area contributed by atoms with E-state index >= 15 is 0 Å².